The highest BCUT2D eigenvalue weighted by molar-refractivity contribution is 7.10. The monoisotopic (exact) mass is 305 g/mol. The van der Waals surface area contributed by atoms with Crippen LogP contribution in [0.1, 0.15) is 16.5 Å². The van der Waals surface area contributed by atoms with Gasteiger partial charge in [0, 0.05) is 11.4 Å². The first-order valence-electron chi connectivity index (χ1n) is 5.68. The number of nitrogens with two attached hydrogens (primary N) is 1. The molecule has 2 nitrogen and oxygen atoms in total. The predicted octanol–water partition coefficient (Wildman–Crippen LogP) is 3.98. The molecule has 0 aliphatic carbocycles. The van der Waals surface area contributed by atoms with Crippen LogP contribution >= 0.6 is 11.3 Å². The molecule has 2 aromatic rings. The Balaban J connectivity index is 2.25. The zero-order valence-corrected chi connectivity index (χ0v) is 11.0. The summed E-state index contributed by atoms with van der Waals surface area (Å²) in [5.74, 6) is -1.40. The van der Waals surface area contributed by atoms with Gasteiger partial charge in [-0.25, -0.2) is 4.39 Å². The molecule has 1 heterocycles. The number of alkyl halides is 3. The molecule has 0 bridgehead atoms. The van der Waals surface area contributed by atoms with Gasteiger partial charge in [0.2, 0.25) is 0 Å². The summed E-state index contributed by atoms with van der Waals surface area (Å²) in [6, 6.07) is 6.10. The molecule has 0 saturated heterocycles. The molecule has 2 rings (SSSR count). The first-order chi connectivity index (χ1) is 9.41. The van der Waals surface area contributed by atoms with E-state index in [0.717, 1.165) is 17.0 Å². The number of halogens is 4. The molecule has 1 aromatic heterocycles. The summed E-state index contributed by atoms with van der Waals surface area (Å²) in [7, 11) is 0. The maximum atomic E-state index is 13.2. The van der Waals surface area contributed by atoms with Crippen LogP contribution in [0.25, 0.3) is 0 Å². The molecular weight excluding hydrogens is 294 g/mol. The third-order valence-electron chi connectivity index (χ3n) is 2.60. The SMILES string of the molecule is NCC(Oc1ccc(F)c(C(F)(F)F)c1)c1cccs1. The van der Waals surface area contributed by atoms with Gasteiger partial charge in [-0.3, -0.25) is 0 Å². The highest BCUT2D eigenvalue weighted by Crippen LogP contribution is 2.34. The standard InChI is InChI=1S/C13H11F4NOS/c14-10-4-3-8(6-9(10)13(15,16)17)19-11(7-18)12-2-1-5-20-12/h1-6,11H,7,18H2. The second kappa shape index (κ2) is 5.80. The molecule has 7 heteroatoms. The van der Waals surface area contributed by atoms with E-state index in [-0.39, 0.29) is 12.3 Å². The molecule has 0 saturated carbocycles. The largest absolute Gasteiger partial charge is 0.484 e. The van der Waals surface area contributed by atoms with Crippen LogP contribution in [0.3, 0.4) is 0 Å². The van der Waals surface area contributed by atoms with Gasteiger partial charge in [0.05, 0.1) is 5.56 Å². The average Bonchev–Trinajstić information content (AvgIpc) is 2.90. The van der Waals surface area contributed by atoms with Crippen LogP contribution in [-0.2, 0) is 6.18 Å². The third kappa shape index (κ3) is 3.29. The number of hydrogen-bond acceptors (Lipinski definition) is 3. The maximum Gasteiger partial charge on any atom is 0.419 e. The Morgan fingerprint density at radius 2 is 2.00 bits per heavy atom. The van der Waals surface area contributed by atoms with Crippen molar-refractivity contribution < 1.29 is 22.3 Å². The minimum Gasteiger partial charge on any atom is -0.484 e. The minimum absolute atomic E-state index is 0.0671. The normalized spacial score (nSPS) is 13.2. The van der Waals surface area contributed by atoms with E-state index in [1.165, 1.54) is 11.3 Å². The van der Waals surface area contributed by atoms with Gasteiger partial charge >= 0.3 is 6.18 Å². The number of hydrogen-bond donors (Lipinski definition) is 1. The van der Waals surface area contributed by atoms with Gasteiger partial charge in [-0.05, 0) is 29.6 Å². The Labute approximate surface area is 116 Å². The Bertz CT molecular complexity index is 568. The van der Waals surface area contributed by atoms with E-state index in [1.807, 2.05) is 5.38 Å². The van der Waals surface area contributed by atoms with Gasteiger partial charge < -0.3 is 10.5 Å². The van der Waals surface area contributed by atoms with Crippen molar-refractivity contribution in [2.75, 3.05) is 6.54 Å². The highest BCUT2D eigenvalue weighted by Gasteiger charge is 2.34. The van der Waals surface area contributed by atoms with Crippen LogP contribution in [0.4, 0.5) is 17.6 Å². The zero-order valence-electron chi connectivity index (χ0n) is 10.2. The molecule has 1 unspecified atom stereocenters. The molecule has 20 heavy (non-hydrogen) atoms. The molecule has 0 amide bonds. The molecular formula is C13H11F4NOS. The van der Waals surface area contributed by atoms with Crippen LogP contribution in [0.5, 0.6) is 5.75 Å². The van der Waals surface area contributed by atoms with Crippen molar-refractivity contribution in [3.63, 3.8) is 0 Å². The summed E-state index contributed by atoms with van der Waals surface area (Å²) >= 11 is 1.39. The van der Waals surface area contributed by atoms with Crippen LogP contribution in [0.2, 0.25) is 0 Å². The molecule has 108 valence electrons. The van der Waals surface area contributed by atoms with Crippen molar-refractivity contribution in [3.8, 4) is 5.75 Å². The summed E-state index contributed by atoms with van der Waals surface area (Å²) < 4.78 is 56.4. The Kier molecular flexibility index (Phi) is 4.29. The highest BCUT2D eigenvalue weighted by atomic mass is 32.1. The first kappa shape index (κ1) is 14.8. The third-order valence-corrected chi connectivity index (χ3v) is 3.56. The second-order valence-corrected chi connectivity index (χ2v) is 4.98. The van der Waals surface area contributed by atoms with Gasteiger partial charge in [-0.15, -0.1) is 11.3 Å². The van der Waals surface area contributed by atoms with Gasteiger partial charge in [0.1, 0.15) is 17.7 Å². The lowest BCUT2D eigenvalue weighted by molar-refractivity contribution is -0.140. The van der Waals surface area contributed by atoms with Crippen LogP contribution in [0, 0.1) is 5.82 Å². The van der Waals surface area contributed by atoms with Crippen molar-refractivity contribution in [3.05, 3.63) is 52.0 Å². The summed E-state index contributed by atoms with van der Waals surface area (Å²) in [5, 5.41) is 1.81. The van der Waals surface area contributed by atoms with Crippen molar-refractivity contribution in [1.29, 1.82) is 0 Å². The van der Waals surface area contributed by atoms with Gasteiger partial charge in [-0.2, -0.15) is 13.2 Å². The zero-order chi connectivity index (χ0) is 14.8. The fourth-order valence-electron chi connectivity index (χ4n) is 1.66. The number of ether oxygens (including phenoxy) is 1. The van der Waals surface area contributed by atoms with E-state index in [4.69, 9.17) is 10.5 Å². The van der Waals surface area contributed by atoms with Gasteiger partial charge in [0.25, 0.3) is 0 Å². The number of benzene rings is 1. The fraction of sp³-hybridized carbons (Fsp3) is 0.231. The summed E-state index contributed by atoms with van der Waals surface area (Å²) in [5.41, 5.74) is 4.20. The van der Waals surface area contributed by atoms with Crippen molar-refractivity contribution >= 4 is 11.3 Å². The lowest BCUT2D eigenvalue weighted by Crippen LogP contribution is -2.18. The smallest absolute Gasteiger partial charge is 0.419 e. The molecule has 0 fully saturated rings. The lowest BCUT2D eigenvalue weighted by Gasteiger charge is -2.17. The van der Waals surface area contributed by atoms with E-state index >= 15 is 0 Å². The minimum atomic E-state index is -4.76. The summed E-state index contributed by atoms with van der Waals surface area (Å²) in [6.07, 6.45) is -5.31. The topological polar surface area (TPSA) is 35.2 Å². The van der Waals surface area contributed by atoms with Gasteiger partial charge in [0.15, 0.2) is 0 Å². The number of rotatable bonds is 4. The fourth-order valence-corrected chi connectivity index (χ4v) is 2.42. The average molecular weight is 305 g/mol. The number of thiophene rings is 1. The Hall–Kier alpha value is -1.60. The molecule has 0 aliphatic rings. The predicted molar refractivity (Wildman–Crippen MR) is 68.1 cm³/mol. The Morgan fingerprint density at radius 3 is 2.55 bits per heavy atom. The Morgan fingerprint density at radius 1 is 1.25 bits per heavy atom. The summed E-state index contributed by atoms with van der Waals surface area (Å²) in [4.78, 5) is 0.797. The van der Waals surface area contributed by atoms with E-state index in [0.29, 0.717) is 6.07 Å². The van der Waals surface area contributed by atoms with Crippen LogP contribution in [0.15, 0.2) is 35.7 Å². The molecule has 2 N–H and O–H groups in total. The molecule has 1 atom stereocenters. The van der Waals surface area contributed by atoms with Gasteiger partial charge in [-0.1, -0.05) is 6.07 Å². The lowest BCUT2D eigenvalue weighted by atomic mass is 10.2. The van der Waals surface area contributed by atoms with Crippen LogP contribution in [-0.4, -0.2) is 6.54 Å². The molecule has 0 radical (unpaired) electrons. The van der Waals surface area contributed by atoms with E-state index in [2.05, 4.69) is 0 Å². The molecule has 0 aliphatic heterocycles. The second-order valence-electron chi connectivity index (χ2n) is 4.00. The van der Waals surface area contributed by atoms with Crippen molar-refractivity contribution in [2.45, 2.75) is 12.3 Å². The van der Waals surface area contributed by atoms with Crippen molar-refractivity contribution in [1.82, 2.24) is 0 Å². The van der Waals surface area contributed by atoms with Crippen molar-refractivity contribution in [2.24, 2.45) is 5.73 Å². The maximum absolute atomic E-state index is 13.2. The van der Waals surface area contributed by atoms with E-state index < -0.39 is 23.7 Å². The van der Waals surface area contributed by atoms with Crippen LogP contribution < -0.4 is 10.5 Å². The first-order valence-corrected chi connectivity index (χ1v) is 6.56. The summed E-state index contributed by atoms with van der Waals surface area (Å²) in [6.45, 7) is 0.110. The molecule has 1 aromatic carbocycles. The molecule has 0 spiro atoms. The quantitative estimate of drug-likeness (QED) is 0.867. The van der Waals surface area contributed by atoms with E-state index in [1.54, 1.807) is 12.1 Å². The van der Waals surface area contributed by atoms with E-state index in [9.17, 15) is 17.6 Å².